The molecule has 0 amide bonds. The second-order valence-corrected chi connectivity index (χ2v) is 2.39. The number of aryl methyl sites for hydroxylation is 1. The van der Waals surface area contributed by atoms with Crippen molar-refractivity contribution in [3.63, 3.8) is 0 Å². The molecule has 0 aromatic carbocycles. The first-order chi connectivity index (χ1) is 3.83. The van der Waals surface area contributed by atoms with E-state index in [1.165, 1.54) is 11.5 Å². The lowest BCUT2D eigenvalue weighted by atomic mass is 10.6. The highest BCUT2D eigenvalue weighted by Gasteiger charge is 1.93. The normalized spacial score (nSPS) is 9.75. The zero-order valence-electron chi connectivity index (χ0n) is 4.59. The Kier molecular flexibility index (Phi) is 1.55. The van der Waals surface area contributed by atoms with E-state index in [2.05, 4.69) is 9.36 Å². The number of nitrogens with zero attached hydrogens (tertiary/aromatic N) is 2. The molecule has 2 N–H and O–H groups in total. The van der Waals surface area contributed by atoms with Gasteiger partial charge < -0.3 is 5.73 Å². The summed E-state index contributed by atoms with van der Waals surface area (Å²) < 4.78 is 3.94. The highest BCUT2D eigenvalue weighted by Crippen LogP contribution is 1.99. The van der Waals surface area contributed by atoms with Crippen LogP contribution in [0.3, 0.4) is 0 Å². The molecule has 0 saturated heterocycles. The first-order valence-electron chi connectivity index (χ1n) is 2.32. The minimum absolute atomic E-state index is 0.449. The molecule has 0 atom stereocenters. The Labute approximate surface area is 51.7 Å². The fraction of sp³-hybridized carbons (Fsp3) is 0.500. The van der Waals surface area contributed by atoms with Crippen molar-refractivity contribution in [3.05, 3.63) is 10.8 Å². The summed E-state index contributed by atoms with van der Waals surface area (Å²) in [5.41, 5.74) is 5.24. The summed E-state index contributed by atoms with van der Waals surface area (Å²) in [5.74, 6) is 0.743. The average Bonchev–Trinajstić information content (AvgIpc) is 2.14. The first-order valence-corrected chi connectivity index (χ1v) is 3.09. The minimum atomic E-state index is 0.449. The molecule has 1 aromatic heterocycles. The predicted molar refractivity (Wildman–Crippen MR) is 32.5 cm³/mol. The summed E-state index contributed by atoms with van der Waals surface area (Å²) in [6, 6.07) is 0. The average molecular weight is 129 g/mol. The predicted octanol–water partition coefficient (Wildman–Crippen LogP) is 0.305. The van der Waals surface area contributed by atoms with E-state index >= 15 is 0 Å². The lowest BCUT2D eigenvalue weighted by Crippen LogP contribution is -1.97. The number of hydrogen-bond acceptors (Lipinski definition) is 4. The van der Waals surface area contributed by atoms with Gasteiger partial charge in [0, 0.05) is 0 Å². The maximum atomic E-state index is 5.24. The zero-order chi connectivity index (χ0) is 5.98. The van der Waals surface area contributed by atoms with Crippen LogP contribution in [0.1, 0.15) is 10.8 Å². The highest BCUT2D eigenvalue weighted by atomic mass is 32.1. The smallest absolute Gasteiger partial charge is 0.156 e. The highest BCUT2D eigenvalue weighted by molar-refractivity contribution is 7.05. The molecule has 1 heterocycles. The molecule has 0 spiro atoms. The summed E-state index contributed by atoms with van der Waals surface area (Å²) >= 11 is 1.39. The van der Waals surface area contributed by atoms with Gasteiger partial charge in [-0.15, -0.1) is 0 Å². The van der Waals surface area contributed by atoms with Gasteiger partial charge in [-0.2, -0.15) is 4.37 Å². The van der Waals surface area contributed by atoms with E-state index in [0.29, 0.717) is 6.54 Å². The van der Waals surface area contributed by atoms with Crippen molar-refractivity contribution in [2.75, 3.05) is 0 Å². The van der Waals surface area contributed by atoms with E-state index in [9.17, 15) is 0 Å². The molecular weight excluding hydrogens is 122 g/mol. The first kappa shape index (κ1) is 5.65. The summed E-state index contributed by atoms with van der Waals surface area (Å²) in [4.78, 5) is 4.01. The summed E-state index contributed by atoms with van der Waals surface area (Å²) in [7, 11) is 0. The molecule has 1 rings (SSSR count). The number of nitrogens with two attached hydrogens (primary N) is 1. The van der Waals surface area contributed by atoms with Crippen LogP contribution < -0.4 is 5.73 Å². The number of aromatic nitrogens is 2. The van der Waals surface area contributed by atoms with Crippen LogP contribution in [0.5, 0.6) is 0 Å². The molecule has 3 nitrogen and oxygen atoms in total. The second kappa shape index (κ2) is 2.19. The van der Waals surface area contributed by atoms with E-state index < -0.39 is 0 Å². The second-order valence-electron chi connectivity index (χ2n) is 1.43. The van der Waals surface area contributed by atoms with Crippen LogP contribution in [0.4, 0.5) is 0 Å². The van der Waals surface area contributed by atoms with Crippen molar-refractivity contribution in [1.29, 1.82) is 0 Å². The monoisotopic (exact) mass is 129 g/mol. The molecule has 44 valence electrons. The molecule has 0 fully saturated rings. The Balaban J connectivity index is 2.84. The standard InChI is InChI=1S/C4H7N3S/c1-3-6-4(2-5)7-8-3/h2,5H2,1H3. The third-order valence-electron chi connectivity index (χ3n) is 0.752. The Morgan fingerprint density at radius 1 is 1.75 bits per heavy atom. The fourth-order valence-corrected chi connectivity index (χ4v) is 0.923. The van der Waals surface area contributed by atoms with Gasteiger partial charge in [-0.1, -0.05) is 0 Å². The summed E-state index contributed by atoms with van der Waals surface area (Å²) in [6.45, 7) is 2.36. The molecule has 0 unspecified atom stereocenters. The van der Waals surface area contributed by atoms with Crippen LogP contribution >= 0.6 is 11.5 Å². The van der Waals surface area contributed by atoms with Gasteiger partial charge in [0.1, 0.15) is 5.01 Å². The van der Waals surface area contributed by atoms with Gasteiger partial charge in [0.2, 0.25) is 0 Å². The molecule has 0 radical (unpaired) electrons. The van der Waals surface area contributed by atoms with Crippen molar-refractivity contribution in [2.45, 2.75) is 13.5 Å². The van der Waals surface area contributed by atoms with Crippen LogP contribution in [0.2, 0.25) is 0 Å². The summed E-state index contributed by atoms with van der Waals surface area (Å²) in [5, 5.41) is 0.977. The van der Waals surface area contributed by atoms with E-state index in [4.69, 9.17) is 5.73 Å². The van der Waals surface area contributed by atoms with E-state index in [1.54, 1.807) is 0 Å². The van der Waals surface area contributed by atoms with Crippen LogP contribution in [0, 0.1) is 6.92 Å². The van der Waals surface area contributed by atoms with Gasteiger partial charge in [0.05, 0.1) is 6.54 Å². The number of rotatable bonds is 1. The van der Waals surface area contributed by atoms with Crippen LogP contribution in [0.25, 0.3) is 0 Å². The maximum absolute atomic E-state index is 5.24. The Bertz CT molecular complexity index is 172. The lowest BCUT2D eigenvalue weighted by Gasteiger charge is -1.77. The quantitative estimate of drug-likeness (QED) is 0.593. The van der Waals surface area contributed by atoms with Crippen LogP contribution in [-0.2, 0) is 6.54 Å². The van der Waals surface area contributed by atoms with Gasteiger partial charge in [-0.3, -0.25) is 0 Å². The molecular formula is C4H7N3S. The molecule has 8 heavy (non-hydrogen) atoms. The minimum Gasteiger partial charge on any atom is -0.324 e. The van der Waals surface area contributed by atoms with Gasteiger partial charge >= 0.3 is 0 Å². The zero-order valence-corrected chi connectivity index (χ0v) is 5.40. The third-order valence-corrected chi connectivity index (χ3v) is 1.41. The van der Waals surface area contributed by atoms with E-state index in [0.717, 1.165) is 10.8 Å². The molecule has 0 aliphatic carbocycles. The van der Waals surface area contributed by atoms with E-state index in [-0.39, 0.29) is 0 Å². The van der Waals surface area contributed by atoms with Crippen molar-refractivity contribution in [2.24, 2.45) is 5.73 Å². The molecule has 4 heteroatoms. The van der Waals surface area contributed by atoms with E-state index in [1.807, 2.05) is 6.92 Å². The largest absolute Gasteiger partial charge is 0.324 e. The van der Waals surface area contributed by atoms with Gasteiger partial charge in [-0.05, 0) is 18.5 Å². The van der Waals surface area contributed by atoms with Gasteiger partial charge in [0.15, 0.2) is 5.82 Å². The van der Waals surface area contributed by atoms with Crippen molar-refractivity contribution < 1.29 is 0 Å². The van der Waals surface area contributed by atoms with Crippen LogP contribution in [0.15, 0.2) is 0 Å². The topological polar surface area (TPSA) is 51.8 Å². The molecule has 1 aromatic rings. The van der Waals surface area contributed by atoms with Gasteiger partial charge in [0.25, 0.3) is 0 Å². The van der Waals surface area contributed by atoms with Crippen LogP contribution in [-0.4, -0.2) is 9.36 Å². The Morgan fingerprint density at radius 3 is 2.75 bits per heavy atom. The summed E-state index contributed by atoms with van der Waals surface area (Å²) in [6.07, 6.45) is 0. The van der Waals surface area contributed by atoms with Crippen molar-refractivity contribution >= 4 is 11.5 Å². The lowest BCUT2D eigenvalue weighted by molar-refractivity contribution is 0.948. The number of hydrogen-bond donors (Lipinski definition) is 1. The molecule has 0 aliphatic heterocycles. The molecule has 0 saturated carbocycles. The third kappa shape index (κ3) is 1.02. The maximum Gasteiger partial charge on any atom is 0.156 e. The van der Waals surface area contributed by atoms with Crippen molar-refractivity contribution in [1.82, 2.24) is 9.36 Å². The SMILES string of the molecule is Cc1nc(CN)ns1. The Morgan fingerprint density at radius 2 is 2.50 bits per heavy atom. The fourth-order valence-electron chi connectivity index (χ4n) is 0.424. The van der Waals surface area contributed by atoms with Gasteiger partial charge in [-0.25, -0.2) is 4.98 Å². The molecule has 0 bridgehead atoms. The molecule has 0 aliphatic rings. The Hall–Kier alpha value is -0.480. The van der Waals surface area contributed by atoms with Crippen molar-refractivity contribution in [3.8, 4) is 0 Å².